The minimum Gasteiger partial charge on any atom is -0.545 e. The molecule has 0 saturated heterocycles. The molecule has 0 spiro atoms. The number of benzene rings is 2. The number of hydrogen-bond acceptors (Lipinski definition) is 8. The molecular formula is C20H17N4O4S-. The maximum Gasteiger partial charge on any atom is 0.230 e. The molecule has 0 aliphatic rings. The topological polar surface area (TPSA) is 107 Å². The van der Waals surface area contributed by atoms with E-state index in [0.717, 1.165) is 0 Å². The van der Waals surface area contributed by atoms with Gasteiger partial charge >= 0.3 is 0 Å². The molecule has 0 aliphatic heterocycles. The van der Waals surface area contributed by atoms with Crippen LogP contribution in [0.15, 0.2) is 59.0 Å². The molecule has 3 rings (SSSR count). The van der Waals surface area contributed by atoms with Crippen molar-refractivity contribution in [3.05, 3.63) is 65.2 Å². The first-order valence-electron chi connectivity index (χ1n) is 8.48. The molecule has 3 aromatic rings. The SMILES string of the molecule is COc1ccc(N(C(C)=O)c2nc(/C=N\Nc3ccc(C(=O)[O-])cc3)cs2)cc1. The smallest absolute Gasteiger partial charge is 0.230 e. The summed E-state index contributed by atoms with van der Waals surface area (Å²) < 4.78 is 5.15. The number of aromatic nitrogens is 1. The number of ether oxygens (including phenoxy) is 1. The molecule has 0 radical (unpaired) electrons. The molecule has 8 nitrogen and oxygen atoms in total. The van der Waals surface area contributed by atoms with Crippen LogP contribution in [0.4, 0.5) is 16.5 Å². The zero-order valence-electron chi connectivity index (χ0n) is 15.7. The van der Waals surface area contributed by atoms with E-state index in [2.05, 4.69) is 15.5 Å². The van der Waals surface area contributed by atoms with E-state index < -0.39 is 5.97 Å². The third-order valence-electron chi connectivity index (χ3n) is 3.86. The standard InChI is InChI=1S/C20H18N4O4S/c1-13(25)24(17-7-9-18(28-2)10-8-17)20-22-16(12-29-20)11-21-23-15-5-3-14(4-6-15)19(26)27/h3-12,23H,1-2H3,(H,26,27)/p-1/b21-11-. The van der Waals surface area contributed by atoms with Gasteiger partial charge in [0.15, 0.2) is 5.13 Å². The van der Waals surface area contributed by atoms with E-state index in [1.807, 2.05) is 0 Å². The predicted molar refractivity (Wildman–Crippen MR) is 110 cm³/mol. The van der Waals surface area contributed by atoms with Gasteiger partial charge in [-0.1, -0.05) is 12.1 Å². The maximum atomic E-state index is 12.2. The number of amides is 1. The molecule has 1 aromatic heterocycles. The number of rotatable bonds is 7. The van der Waals surface area contributed by atoms with E-state index in [1.165, 1.54) is 41.5 Å². The third kappa shape index (κ3) is 4.96. The summed E-state index contributed by atoms with van der Waals surface area (Å²) >= 11 is 1.31. The molecule has 0 fully saturated rings. The van der Waals surface area contributed by atoms with E-state index in [0.29, 0.717) is 27.9 Å². The molecule has 0 bridgehead atoms. The summed E-state index contributed by atoms with van der Waals surface area (Å²) in [6.07, 6.45) is 1.51. The van der Waals surface area contributed by atoms with Crippen molar-refractivity contribution in [2.45, 2.75) is 6.92 Å². The Bertz CT molecular complexity index is 1030. The summed E-state index contributed by atoms with van der Waals surface area (Å²) in [6, 6.07) is 13.1. The van der Waals surface area contributed by atoms with Crippen molar-refractivity contribution >= 4 is 45.9 Å². The van der Waals surface area contributed by atoms with E-state index in [4.69, 9.17) is 4.74 Å². The van der Waals surface area contributed by atoms with E-state index in [-0.39, 0.29) is 11.5 Å². The minimum absolute atomic E-state index is 0.0894. The Kier molecular flexibility index (Phi) is 6.20. The van der Waals surface area contributed by atoms with Gasteiger partial charge in [0.1, 0.15) is 5.75 Å². The average Bonchev–Trinajstić information content (AvgIpc) is 3.17. The Morgan fingerprint density at radius 3 is 2.45 bits per heavy atom. The second kappa shape index (κ2) is 8.98. The number of carbonyl (C=O) groups excluding carboxylic acids is 2. The molecule has 9 heteroatoms. The molecular weight excluding hydrogens is 392 g/mol. The molecule has 148 valence electrons. The van der Waals surface area contributed by atoms with Gasteiger partial charge in [0.2, 0.25) is 5.91 Å². The molecule has 0 unspecified atom stereocenters. The van der Waals surface area contributed by atoms with Crippen molar-refractivity contribution in [2.75, 3.05) is 17.4 Å². The van der Waals surface area contributed by atoms with Gasteiger partial charge in [0, 0.05) is 12.3 Å². The second-order valence-electron chi connectivity index (χ2n) is 5.84. The highest BCUT2D eigenvalue weighted by Crippen LogP contribution is 2.29. The number of carbonyl (C=O) groups is 2. The lowest BCUT2D eigenvalue weighted by Crippen LogP contribution is -2.22. The highest BCUT2D eigenvalue weighted by Gasteiger charge is 2.17. The van der Waals surface area contributed by atoms with E-state index in [1.54, 1.807) is 48.9 Å². The van der Waals surface area contributed by atoms with Crippen LogP contribution in [-0.2, 0) is 4.79 Å². The fourth-order valence-electron chi connectivity index (χ4n) is 2.45. The van der Waals surface area contributed by atoms with E-state index in [9.17, 15) is 14.7 Å². The van der Waals surface area contributed by atoms with Gasteiger partial charge in [0.05, 0.1) is 36.4 Å². The first-order chi connectivity index (χ1) is 14.0. The Morgan fingerprint density at radius 2 is 1.86 bits per heavy atom. The van der Waals surface area contributed by atoms with Gasteiger partial charge in [-0.3, -0.25) is 15.1 Å². The van der Waals surface area contributed by atoms with Gasteiger partial charge in [-0.05, 0) is 42.0 Å². The number of carboxylic acid groups (broad SMARTS) is 1. The third-order valence-corrected chi connectivity index (χ3v) is 4.70. The van der Waals surface area contributed by atoms with Crippen molar-refractivity contribution in [3.63, 3.8) is 0 Å². The Morgan fingerprint density at radius 1 is 1.17 bits per heavy atom. The fraction of sp³-hybridized carbons (Fsp3) is 0.100. The number of aromatic carboxylic acids is 1. The monoisotopic (exact) mass is 409 g/mol. The summed E-state index contributed by atoms with van der Waals surface area (Å²) in [5.74, 6) is -0.705. The molecule has 1 amide bonds. The lowest BCUT2D eigenvalue weighted by Gasteiger charge is -2.18. The highest BCUT2D eigenvalue weighted by molar-refractivity contribution is 7.14. The molecule has 0 saturated carbocycles. The van der Waals surface area contributed by atoms with Crippen LogP contribution in [0.25, 0.3) is 0 Å². The van der Waals surface area contributed by atoms with Gasteiger partial charge in [0.25, 0.3) is 0 Å². The second-order valence-corrected chi connectivity index (χ2v) is 6.68. The van der Waals surface area contributed by atoms with E-state index >= 15 is 0 Å². The Balaban J connectivity index is 1.71. The van der Waals surface area contributed by atoms with Crippen LogP contribution in [0.3, 0.4) is 0 Å². The van der Waals surface area contributed by atoms with Crippen LogP contribution in [0.2, 0.25) is 0 Å². The number of anilines is 3. The van der Waals surface area contributed by atoms with Gasteiger partial charge in [-0.15, -0.1) is 11.3 Å². The lowest BCUT2D eigenvalue weighted by atomic mass is 10.2. The molecule has 0 atom stereocenters. The van der Waals surface area contributed by atoms with Crippen LogP contribution in [0.1, 0.15) is 23.0 Å². The summed E-state index contributed by atoms with van der Waals surface area (Å²) in [6.45, 7) is 1.47. The predicted octanol–water partition coefficient (Wildman–Crippen LogP) is 2.65. The lowest BCUT2D eigenvalue weighted by molar-refractivity contribution is -0.255. The van der Waals surface area contributed by atoms with Crippen LogP contribution >= 0.6 is 11.3 Å². The van der Waals surface area contributed by atoms with Crippen LogP contribution in [0.5, 0.6) is 5.75 Å². The average molecular weight is 409 g/mol. The highest BCUT2D eigenvalue weighted by atomic mass is 32.1. The number of thiazole rings is 1. The summed E-state index contributed by atoms with van der Waals surface area (Å²) in [4.78, 5) is 28.8. The number of carboxylic acids is 1. The molecule has 0 aliphatic carbocycles. The zero-order chi connectivity index (χ0) is 20.8. The Hall–Kier alpha value is -3.72. The van der Waals surface area contributed by atoms with Gasteiger partial charge in [-0.25, -0.2) is 4.98 Å². The van der Waals surface area contributed by atoms with Crippen LogP contribution in [0, 0.1) is 0 Å². The number of nitrogens with zero attached hydrogens (tertiary/aromatic N) is 3. The van der Waals surface area contributed by atoms with Gasteiger partial charge < -0.3 is 14.6 Å². The summed E-state index contributed by atoms with van der Waals surface area (Å²) in [5.41, 5.74) is 4.75. The van der Waals surface area contributed by atoms with Crippen molar-refractivity contribution < 1.29 is 19.4 Å². The number of hydrogen-bond donors (Lipinski definition) is 1. The largest absolute Gasteiger partial charge is 0.545 e. The minimum atomic E-state index is -1.23. The molecule has 1 N–H and O–H groups in total. The van der Waals surface area contributed by atoms with Crippen LogP contribution < -0.4 is 20.2 Å². The fourth-order valence-corrected chi connectivity index (χ4v) is 3.29. The zero-order valence-corrected chi connectivity index (χ0v) is 16.5. The van der Waals surface area contributed by atoms with Crippen molar-refractivity contribution in [2.24, 2.45) is 5.10 Å². The first-order valence-corrected chi connectivity index (χ1v) is 9.36. The maximum absolute atomic E-state index is 12.2. The van der Waals surface area contributed by atoms with Crippen molar-refractivity contribution in [3.8, 4) is 5.75 Å². The number of hydrazone groups is 1. The molecule has 29 heavy (non-hydrogen) atoms. The normalized spacial score (nSPS) is 10.7. The first kappa shape index (κ1) is 20.0. The molecule has 2 aromatic carbocycles. The summed E-state index contributed by atoms with van der Waals surface area (Å²) in [5, 5.41) is 17.1. The quantitative estimate of drug-likeness (QED) is 0.475. The van der Waals surface area contributed by atoms with Gasteiger partial charge in [-0.2, -0.15) is 5.10 Å². The Labute approximate surface area is 171 Å². The van der Waals surface area contributed by atoms with Crippen molar-refractivity contribution in [1.29, 1.82) is 0 Å². The number of nitrogens with one attached hydrogen (secondary N) is 1. The molecule has 1 heterocycles. The van der Waals surface area contributed by atoms with Crippen LogP contribution in [-0.4, -0.2) is 30.2 Å². The van der Waals surface area contributed by atoms with Crippen molar-refractivity contribution in [1.82, 2.24) is 4.98 Å². The summed E-state index contributed by atoms with van der Waals surface area (Å²) in [7, 11) is 1.58. The number of methoxy groups -OCH3 is 1.